The Balaban J connectivity index is 2.44. The van der Waals surface area contributed by atoms with Gasteiger partial charge in [0.25, 0.3) is 5.56 Å². The number of nitrogens with zero attached hydrogens (tertiary/aromatic N) is 2. The van der Waals surface area contributed by atoms with Crippen molar-refractivity contribution in [2.75, 3.05) is 0 Å². The predicted octanol–water partition coefficient (Wildman–Crippen LogP) is 0.956. The van der Waals surface area contributed by atoms with Gasteiger partial charge in [-0.15, -0.1) is 0 Å². The van der Waals surface area contributed by atoms with E-state index in [-0.39, 0.29) is 5.56 Å². The Hall–Kier alpha value is -2.37. The number of H-pyrrole nitrogens is 1. The molecule has 0 aliphatic rings. The maximum absolute atomic E-state index is 11.5. The van der Waals surface area contributed by atoms with Crippen molar-refractivity contribution in [1.82, 2.24) is 14.8 Å². The van der Waals surface area contributed by atoms with E-state index in [0.717, 1.165) is 12.1 Å². The first-order valence-electron chi connectivity index (χ1n) is 5.11. The van der Waals surface area contributed by atoms with Crippen molar-refractivity contribution >= 4 is 5.97 Å². The molecule has 0 amide bonds. The average molecular weight is 233 g/mol. The zero-order valence-corrected chi connectivity index (χ0v) is 9.17. The smallest absolute Gasteiger partial charge is 0.341 e. The fraction of sp³-hybridized carbons (Fsp3) is 0.182. The second-order valence-electron chi connectivity index (χ2n) is 3.50. The van der Waals surface area contributed by atoms with Crippen molar-refractivity contribution < 1.29 is 9.90 Å². The van der Waals surface area contributed by atoms with Gasteiger partial charge in [-0.05, 0) is 19.1 Å². The van der Waals surface area contributed by atoms with E-state index in [0.29, 0.717) is 5.69 Å². The second kappa shape index (κ2) is 4.25. The molecule has 6 heteroatoms. The number of carboxylic acids is 1. The number of aryl methyl sites for hydroxylation is 1. The summed E-state index contributed by atoms with van der Waals surface area (Å²) in [6, 6.07) is 2.85. The van der Waals surface area contributed by atoms with Gasteiger partial charge in [0, 0.05) is 18.3 Å². The summed E-state index contributed by atoms with van der Waals surface area (Å²) < 4.78 is 1.72. The molecule has 2 rings (SSSR count). The van der Waals surface area contributed by atoms with Crippen molar-refractivity contribution in [3.8, 4) is 11.3 Å². The zero-order valence-electron chi connectivity index (χ0n) is 9.17. The molecule has 0 radical (unpaired) electrons. The number of nitrogens with one attached hydrogen (secondary N) is 1. The number of carbonyl (C=O) groups is 1. The largest absolute Gasteiger partial charge is 0.477 e. The Morgan fingerprint density at radius 1 is 1.53 bits per heavy atom. The van der Waals surface area contributed by atoms with Crippen LogP contribution >= 0.6 is 0 Å². The summed E-state index contributed by atoms with van der Waals surface area (Å²) in [6.45, 7) is 2.69. The van der Waals surface area contributed by atoms with Crippen LogP contribution in [0.5, 0.6) is 0 Å². The summed E-state index contributed by atoms with van der Waals surface area (Å²) in [5, 5.41) is 12.8. The van der Waals surface area contributed by atoms with Crippen LogP contribution in [-0.4, -0.2) is 25.8 Å². The Bertz CT molecular complexity index is 612. The molecule has 0 aliphatic carbocycles. The summed E-state index contributed by atoms with van der Waals surface area (Å²) >= 11 is 0. The third-order valence-electron chi connectivity index (χ3n) is 2.41. The van der Waals surface area contributed by atoms with Crippen LogP contribution in [0.3, 0.4) is 0 Å². The van der Waals surface area contributed by atoms with E-state index in [4.69, 9.17) is 5.11 Å². The molecule has 88 valence electrons. The van der Waals surface area contributed by atoms with Gasteiger partial charge in [0.15, 0.2) is 0 Å². The molecular weight excluding hydrogens is 222 g/mol. The first-order valence-corrected chi connectivity index (χ1v) is 5.11. The number of hydrogen-bond acceptors (Lipinski definition) is 3. The van der Waals surface area contributed by atoms with E-state index in [1.54, 1.807) is 23.1 Å². The lowest BCUT2D eigenvalue weighted by Crippen LogP contribution is -2.17. The van der Waals surface area contributed by atoms with Crippen molar-refractivity contribution in [1.29, 1.82) is 0 Å². The standard InChI is InChI=1S/C11H11N3O3/c1-2-14-6-7(5-12-14)9-4-3-8(11(16)17)10(15)13-9/h3-6H,2H2,1H3,(H,13,15)(H,16,17). The van der Waals surface area contributed by atoms with E-state index in [1.807, 2.05) is 6.92 Å². The summed E-state index contributed by atoms with van der Waals surface area (Å²) in [4.78, 5) is 24.7. The number of carboxylic acid groups (broad SMARTS) is 1. The maximum atomic E-state index is 11.5. The van der Waals surface area contributed by atoms with Gasteiger partial charge in [0.05, 0.1) is 11.9 Å². The third-order valence-corrected chi connectivity index (χ3v) is 2.41. The minimum Gasteiger partial charge on any atom is -0.477 e. The van der Waals surface area contributed by atoms with Gasteiger partial charge in [0.1, 0.15) is 5.56 Å². The van der Waals surface area contributed by atoms with Crippen molar-refractivity contribution in [2.45, 2.75) is 13.5 Å². The molecule has 0 aliphatic heterocycles. The Morgan fingerprint density at radius 2 is 2.29 bits per heavy atom. The zero-order chi connectivity index (χ0) is 12.4. The molecule has 0 fully saturated rings. The number of aromatic amines is 1. The molecule has 0 spiro atoms. The normalized spacial score (nSPS) is 10.4. The van der Waals surface area contributed by atoms with Crippen LogP contribution in [0.4, 0.5) is 0 Å². The van der Waals surface area contributed by atoms with E-state index >= 15 is 0 Å². The number of pyridine rings is 1. The number of aromatic carboxylic acids is 1. The molecule has 2 heterocycles. The van der Waals surface area contributed by atoms with Crippen molar-refractivity contribution in [3.63, 3.8) is 0 Å². The Morgan fingerprint density at radius 3 is 2.82 bits per heavy atom. The van der Waals surface area contributed by atoms with Gasteiger partial charge in [-0.2, -0.15) is 5.10 Å². The van der Waals surface area contributed by atoms with E-state index < -0.39 is 11.5 Å². The molecule has 2 aromatic heterocycles. The van der Waals surface area contributed by atoms with Gasteiger partial charge < -0.3 is 10.1 Å². The number of hydrogen-bond donors (Lipinski definition) is 2. The van der Waals surface area contributed by atoms with Gasteiger partial charge in [0.2, 0.25) is 0 Å². The van der Waals surface area contributed by atoms with E-state index in [2.05, 4.69) is 10.1 Å². The molecule has 2 aromatic rings. The molecule has 0 aromatic carbocycles. The van der Waals surface area contributed by atoms with Crippen LogP contribution in [0.1, 0.15) is 17.3 Å². The molecule has 2 N–H and O–H groups in total. The van der Waals surface area contributed by atoms with Gasteiger partial charge in [-0.25, -0.2) is 4.79 Å². The molecule has 0 unspecified atom stereocenters. The monoisotopic (exact) mass is 233 g/mol. The first kappa shape index (κ1) is 11.1. The topological polar surface area (TPSA) is 88.0 Å². The van der Waals surface area contributed by atoms with Crippen LogP contribution in [0.25, 0.3) is 11.3 Å². The lowest BCUT2D eigenvalue weighted by atomic mass is 10.2. The number of rotatable bonds is 3. The van der Waals surface area contributed by atoms with Gasteiger partial charge in [-0.3, -0.25) is 9.48 Å². The van der Waals surface area contributed by atoms with Crippen molar-refractivity contribution in [3.05, 3.63) is 40.4 Å². The van der Waals surface area contributed by atoms with Crippen molar-refractivity contribution in [2.24, 2.45) is 0 Å². The fourth-order valence-corrected chi connectivity index (χ4v) is 1.49. The quantitative estimate of drug-likeness (QED) is 0.826. The minimum atomic E-state index is -1.23. The highest BCUT2D eigenvalue weighted by Crippen LogP contribution is 2.14. The first-order chi connectivity index (χ1) is 8.11. The van der Waals surface area contributed by atoms with Crippen LogP contribution in [0, 0.1) is 0 Å². The summed E-state index contributed by atoms with van der Waals surface area (Å²) in [5.41, 5.74) is 0.427. The Kier molecular flexibility index (Phi) is 2.78. The molecular formula is C11H11N3O3. The van der Waals surface area contributed by atoms with Crippen LogP contribution in [-0.2, 0) is 6.54 Å². The van der Waals surface area contributed by atoms with Gasteiger partial charge >= 0.3 is 5.97 Å². The predicted molar refractivity (Wildman–Crippen MR) is 60.9 cm³/mol. The maximum Gasteiger partial charge on any atom is 0.341 e. The average Bonchev–Trinajstić information content (AvgIpc) is 2.76. The molecule has 0 saturated carbocycles. The Labute approximate surface area is 96.5 Å². The molecule has 17 heavy (non-hydrogen) atoms. The highest BCUT2D eigenvalue weighted by atomic mass is 16.4. The minimum absolute atomic E-state index is 0.267. The molecule has 0 saturated heterocycles. The summed E-state index contributed by atoms with van der Waals surface area (Å²) in [6.07, 6.45) is 3.40. The molecule has 0 bridgehead atoms. The highest BCUT2D eigenvalue weighted by Gasteiger charge is 2.10. The van der Waals surface area contributed by atoms with Crippen LogP contribution < -0.4 is 5.56 Å². The fourth-order valence-electron chi connectivity index (χ4n) is 1.49. The van der Waals surface area contributed by atoms with E-state index in [1.165, 1.54) is 6.07 Å². The highest BCUT2D eigenvalue weighted by molar-refractivity contribution is 5.87. The van der Waals surface area contributed by atoms with Crippen LogP contribution in [0.2, 0.25) is 0 Å². The van der Waals surface area contributed by atoms with E-state index in [9.17, 15) is 9.59 Å². The molecule has 0 atom stereocenters. The molecule has 6 nitrogen and oxygen atoms in total. The lowest BCUT2D eigenvalue weighted by molar-refractivity contribution is 0.0695. The van der Waals surface area contributed by atoms with Gasteiger partial charge in [-0.1, -0.05) is 0 Å². The third kappa shape index (κ3) is 2.10. The van der Waals surface area contributed by atoms with Crippen LogP contribution in [0.15, 0.2) is 29.3 Å². The number of aromatic nitrogens is 3. The SMILES string of the molecule is CCn1cc(-c2ccc(C(=O)O)c(=O)[nH]2)cn1. The summed E-state index contributed by atoms with van der Waals surface area (Å²) in [5.74, 6) is -1.23. The lowest BCUT2D eigenvalue weighted by Gasteiger charge is -1.98. The second-order valence-corrected chi connectivity index (χ2v) is 3.50. The summed E-state index contributed by atoms with van der Waals surface area (Å²) in [7, 11) is 0.